The maximum absolute atomic E-state index is 12.1. The minimum Gasteiger partial charge on any atom is -0.507 e. The summed E-state index contributed by atoms with van der Waals surface area (Å²) < 4.78 is 0. The van der Waals surface area contributed by atoms with Gasteiger partial charge in [0, 0.05) is 0 Å². The van der Waals surface area contributed by atoms with Gasteiger partial charge in [0.15, 0.2) is 0 Å². The maximum Gasteiger partial charge on any atom is 0.255 e. The van der Waals surface area contributed by atoms with Crippen molar-refractivity contribution in [1.82, 2.24) is 5.32 Å². The van der Waals surface area contributed by atoms with Gasteiger partial charge >= 0.3 is 0 Å². The van der Waals surface area contributed by atoms with E-state index in [4.69, 9.17) is 0 Å². The summed E-state index contributed by atoms with van der Waals surface area (Å²) >= 11 is 0. The molecule has 0 saturated carbocycles. The van der Waals surface area contributed by atoms with E-state index in [1.165, 1.54) is 0 Å². The first-order valence-electron chi connectivity index (χ1n) is 6.21. The van der Waals surface area contributed by atoms with E-state index in [2.05, 4.69) is 5.32 Å². The Balaban J connectivity index is 2.94. The predicted octanol–water partition coefficient (Wildman–Crippen LogP) is 1.98. The van der Waals surface area contributed by atoms with Crippen molar-refractivity contribution >= 4 is 5.91 Å². The van der Waals surface area contributed by atoms with Crippen LogP contribution in [0, 0.1) is 6.92 Å². The van der Waals surface area contributed by atoms with E-state index < -0.39 is 5.54 Å². The van der Waals surface area contributed by atoms with E-state index in [0.717, 1.165) is 5.56 Å². The highest BCUT2D eigenvalue weighted by Gasteiger charge is 2.28. The molecule has 1 amide bonds. The Morgan fingerprint density at radius 2 is 1.94 bits per heavy atom. The number of aryl methyl sites for hydroxylation is 1. The zero-order chi connectivity index (χ0) is 13.8. The number of hydrogen-bond donors (Lipinski definition) is 3. The van der Waals surface area contributed by atoms with E-state index in [0.29, 0.717) is 12.8 Å². The average molecular weight is 251 g/mol. The second-order valence-electron chi connectivity index (χ2n) is 4.62. The van der Waals surface area contributed by atoms with Crippen molar-refractivity contribution in [3.63, 3.8) is 0 Å². The quantitative estimate of drug-likeness (QED) is 0.749. The summed E-state index contributed by atoms with van der Waals surface area (Å²) in [5.74, 6) is -0.392. The van der Waals surface area contributed by atoms with Gasteiger partial charge in [-0.25, -0.2) is 0 Å². The molecule has 0 aliphatic heterocycles. The van der Waals surface area contributed by atoms with Crippen LogP contribution in [0.2, 0.25) is 0 Å². The van der Waals surface area contributed by atoms with Gasteiger partial charge in [0.05, 0.1) is 17.7 Å². The lowest BCUT2D eigenvalue weighted by molar-refractivity contribution is 0.0815. The van der Waals surface area contributed by atoms with E-state index >= 15 is 0 Å². The van der Waals surface area contributed by atoms with E-state index in [1.54, 1.807) is 18.2 Å². The number of carbonyl (C=O) groups is 1. The minimum absolute atomic E-state index is 0.0356. The van der Waals surface area contributed by atoms with Gasteiger partial charge in [-0.3, -0.25) is 4.79 Å². The maximum atomic E-state index is 12.1. The normalized spacial score (nSPS) is 11.3. The summed E-state index contributed by atoms with van der Waals surface area (Å²) in [5.41, 5.74) is 0.512. The summed E-state index contributed by atoms with van der Waals surface area (Å²) in [6.45, 7) is 5.56. The highest BCUT2D eigenvalue weighted by Crippen LogP contribution is 2.21. The minimum atomic E-state index is -0.617. The Labute approximate surface area is 108 Å². The number of amides is 1. The van der Waals surface area contributed by atoms with Crippen LogP contribution in [0.25, 0.3) is 0 Å². The third-order valence-corrected chi connectivity index (χ3v) is 3.43. The van der Waals surface area contributed by atoms with Crippen molar-refractivity contribution < 1.29 is 15.0 Å². The van der Waals surface area contributed by atoms with Gasteiger partial charge in [-0.2, -0.15) is 0 Å². The highest BCUT2D eigenvalue weighted by molar-refractivity contribution is 5.97. The third-order valence-electron chi connectivity index (χ3n) is 3.43. The topological polar surface area (TPSA) is 69.6 Å². The summed E-state index contributed by atoms with van der Waals surface area (Å²) in [7, 11) is 0. The number of nitrogens with one attached hydrogen (secondary N) is 1. The molecule has 0 atom stereocenters. The van der Waals surface area contributed by atoms with Crippen LogP contribution in [0.4, 0.5) is 0 Å². The number of rotatable bonds is 5. The van der Waals surface area contributed by atoms with Crippen LogP contribution in [0.15, 0.2) is 18.2 Å². The second kappa shape index (κ2) is 5.87. The SMILES string of the molecule is CCC(CC)(CO)NC(=O)c1ccc(C)cc1O. The molecule has 4 heteroatoms. The predicted molar refractivity (Wildman–Crippen MR) is 70.7 cm³/mol. The largest absolute Gasteiger partial charge is 0.507 e. The van der Waals surface area contributed by atoms with Gasteiger partial charge in [-0.1, -0.05) is 19.9 Å². The average Bonchev–Trinajstić information content (AvgIpc) is 2.36. The molecule has 100 valence electrons. The number of phenols is 1. The van der Waals surface area contributed by atoms with Gasteiger partial charge in [-0.05, 0) is 37.5 Å². The molecule has 0 aliphatic carbocycles. The van der Waals surface area contributed by atoms with Gasteiger partial charge < -0.3 is 15.5 Å². The fourth-order valence-corrected chi connectivity index (χ4v) is 1.83. The number of carbonyl (C=O) groups excluding carboxylic acids is 1. The molecule has 0 spiro atoms. The molecule has 1 aromatic carbocycles. The fourth-order valence-electron chi connectivity index (χ4n) is 1.83. The lowest BCUT2D eigenvalue weighted by Gasteiger charge is -2.30. The van der Waals surface area contributed by atoms with Crippen LogP contribution in [-0.2, 0) is 0 Å². The van der Waals surface area contributed by atoms with E-state index in [1.807, 2.05) is 20.8 Å². The number of phenolic OH excluding ortho intramolecular Hbond substituents is 1. The number of aromatic hydroxyl groups is 1. The molecule has 0 radical (unpaired) electrons. The Morgan fingerprint density at radius 1 is 1.33 bits per heavy atom. The molecule has 0 aliphatic rings. The smallest absolute Gasteiger partial charge is 0.255 e. The van der Waals surface area contributed by atoms with Crippen molar-refractivity contribution in [1.29, 1.82) is 0 Å². The third kappa shape index (κ3) is 3.01. The van der Waals surface area contributed by atoms with Crippen LogP contribution in [0.5, 0.6) is 5.75 Å². The number of aliphatic hydroxyl groups is 1. The van der Waals surface area contributed by atoms with Gasteiger partial charge in [0.1, 0.15) is 5.75 Å². The summed E-state index contributed by atoms with van der Waals surface area (Å²) in [6.07, 6.45) is 1.27. The first-order valence-corrected chi connectivity index (χ1v) is 6.21. The highest BCUT2D eigenvalue weighted by atomic mass is 16.3. The van der Waals surface area contributed by atoms with Crippen molar-refractivity contribution in [3.8, 4) is 5.75 Å². The number of aliphatic hydroxyl groups excluding tert-OH is 1. The molecule has 0 bridgehead atoms. The molecular weight excluding hydrogens is 230 g/mol. The lowest BCUT2D eigenvalue weighted by atomic mass is 9.93. The molecule has 18 heavy (non-hydrogen) atoms. The molecule has 1 aromatic rings. The van der Waals surface area contributed by atoms with E-state index in [-0.39, 0.29) is 23.8 Å². The molecule has 0 fully saturated rings. The molecule has 3 N–H and O–H groups in total. The Bertz CT molecular complexity index is 417. The molecule has 4 nitrogen and oxygen atoms in total. The van der Waals surface area contributed by atoms with E-state index in [9.17, 15) is 15.0 Å². The van der Waals surface area contributed by atoms with Crippen LogP contribution in [0.1, 0.15) is 42.6 Å². The Hall–Kier alpha value is -1.55. The zero-order valence-corrected chi connectivity index (χ0v) is 11.2. The summed E-state index contributed by atoms with van der Waals surface area (Å²) in [6, 6.07) is 4.91. The monoisotopic (exact) mass is 251 g/mol. The molecular formula is C14H21NO3. The van der Waals surface area contributed by atoms with Crippen LogP contribution in [-0.4, -0.2) is 28.3 Å². The van der Waals surface area contributed by atoms with Crippen molar-refractivity contribution in [3.05, 3.63) is 29.3 Å². The van der Waals surface area contributed by atoms with Crippen LogP contribution >= 0.6 is 0 Å². The van der Waals surface area contributed by atoms with Crippen LogP contribution < -0.4 is 5.32 Å². The number of benzene rings is 1. The molecule has 0 aromatic heterocycles. The second-order valence-corrected chi connectivity index (χ2v) is 4.62. The van der Waals surface area contributed by atoms with Crippen molar-refractivity contribution in [2.75, 3.05) is 6.61 Å². The Morgan fingerprint density at radius 3 is 2.39 bits per heavy atom. The first-order chi connectivity index (χ1) is 8.48. The summed E-state index contributed by atoms with van der Waals surface area (Å²) in [5, 5.41) is 22.0. The summed E-state index contributed by atoms with van der Waals surface area (Å²) in [4.78, 5) is 12.1. The molecule has 0 heterocycles. The van der Waals surface area contributed by atoms with Gasteiger partial charge in [0.25, 0.3) is 5.91 Å². The standard InChI is InChI=1S/C14H21NO3/c1-4-14(5-2,9-16)15-13(18)11-7-6-10(3)8-12(11)17/h6-8,16-17H,4-5,9H2,1-3H3,(H,15,18). The number of hydrogen-bond acceptors (Lipinski definition) is 3. The van der Waals surface area contributed by atoms with Crippen molar-refractivity contribution in [2.45, 2.75) is 39.2 Å². The molecule has 1 rings (SSSR count). The Kier molecular flexibility index (Phi) is 4.73. The van der Waals surface area contributed by atoms with Gasteiger partial charge in [0.2, 0.25) is 0 Å². The first kappa shape index (κ1) is 14.5. The van der Waals surface area contributed by atoms with Crippen LogP contribution in [0.3, 0.4) is 0 Å². The molecule has 0 unspecified atom stereocenters. The fraction of sp³-hybridized carbons (Fsp3) is 0.500. The lowest BCUT2D eigenvalue weighted by Crippen LogP contribution is -2.50. The van der Waals surface area contributed by atoms with Crippen molar-refractivity contribution in [2.24, 2.45) is 0 Å². The van der Waals surface area contributed by atoms with Gasteiger partial charge in [-0.15, -0.1) is 0 Å². The zero-order valence-electron chi connectivity index (χ0n) is 11.2. The molecule has 0 saturated heterocycles.